The van der Waals surface area contributed by atoms with Gasteiger partial charge in [-0.1, -0.05) is 5.21 Å². The third-order valence-electron chi connectivity index (χ3n) is 3.83. The van der Waals surface area contributed by atoms with Gasteiger partial charge in [0.1, 0.15) is 5.69 Å². The first kappa shape index (κ1) is 18.2. The number of hydrogen-bond donors (Lipinski definition) is 1. The highest BCUT2D eigenvalue weighted by atomic mass is 16.5. The number of carbonyl (C=O) groups excluding carboxylic acids is 1. The standard InChI is InChI=1S/C18H19N5O4/c1-25-15-7-6-14(16(26-2)17(15)27-3)18(24)20-9-12-11-23(22-21-12)13-5-4-8-19-10-13/h4-8,10-11H,9H2,1-3H3,(H,20,24). The lowest BCUT2D eigenvalue weighted by Crippen LogP contribution is -2.23. The molecule has 1 N–H and O–H groups in total. The Morgan fingerprint density at radius 1 is 1.11 bits per heavy atom. The first-order valence-electron chi connectivity index (χ1n) is 8.06. The van der Waals surface area contributed by atoms with Crippen molar-refractivity contribution in [2.45, 2.75) is 6.54 Å². The number of nitrogens with one attached hydrogen (secondary N) is 1. The molecule has 0 aliphatic rings. The summed E-state index contributed by atoms with van der Waals surface area (Å²) in [6, 6.07) is 6.93. The fraction of sp³-hybridized carbons (Fsp3) is 0.222. The van der Waals surface area contributed by atoms with Gasteiger partial charge in [0.25, 0.3) is 5.91 Å². The van der Waals surface area contributed by atoms with Crippen LogP contribution in [0.15, 0.2) is 42.9 Å². The van der Waals surface area contributed by atoms with E-state index in [4.69, 9.17) is 14.2 Å². The molecule has 0 spiro atoms. The molecule has 1 amide bonds. The molecule has 2 aromatic heterocycles. The number of nitrogens with zero attached hydrogens (tertiary/aromatic N) is 4. The molecule has 3 rings (SSSR count). The third kappa shape index (κ3) is 3.81. The van der Waals surface area contributed by atoms with Crippen molar-refractivity contribution >= 4 is 5.91 Å². The number of methoxy groups -OCH3 is 3. The maximum Gasteiger partial charge on any atom is 0.255 e. The molecule has 0 atom stereocenters. The van der Waals surface area contributed by atoms with Gasteiger partial charge >= 0.3 is 0 Å². The summed E-state index contributed by atoms with van der Waals surface area (Å²) in [7, 11) is 4.47. The van der Waals surface area contributed by atoms with Crippen LogP contribution < -0.4 is 19.5 Å². The zero-order chi connectivity index (χ0) is 19.2. The molecule has 0 bridgehead atoms. The molecule has 0 unspecified atom stereocenters. The minimum atomic E-state index is -0.330. The van der Waals surface area contributed by atoms with Crippen molar-refractivity contribution in [1.29, 1.82) is 0 Å². The van der Waals surface area contributed by atoms with Crippen molar-refractivity contribution < 1.29 is 19.0 Å². The highest BCUT2D eigenvalue weighted by Crippen LogP contribution is 2.39. The molecule has 9 heteroatoms. The highest BCUT2D eigenvalue weighted by Gasteiger charge is 2.20. The largest absolute Gasteiger partial charge is 0.493 e. The first-order valence-corrected chi connectivity index (χ1v) is 8.06. The Labute approximate surface area is 155 Å². The summed E-state index contributed by atoms with van der Waals surface area (Å²) in [4.78, 5) is 16.6. The third-order valence-corrected chi connectivity index (χ3v) is 3.83. The van der Waals surface area contributed by atoms with Crippen molar-refractivity contribution in [2.75, 3.05) is 21.3 Å². The summed E-state index contributed by atoms with van der Waals surface area (Å²) in [6.07, 6.45) is 5.08. The predicted molar refractivity (Wildman–Crippen MR) is 96.4 cm³/mol. The van der Waals surface area contributed by atoms with Gasteiger partial charge < -0.3 is 19.5 Å². The lowest BCUT2D eigenvalue weighted by molar-refractivity contribution is 0.0946. The molecule has 9 nitrogen and oxygen atoms in total. The van der Waals surface area contributed by atoms with Gasteiger partial charge in [-0.3, -0.25) is 9.78 Å². The van der Waals surface area contributed by atoms with E-state index < -0.39 is 0 Å². The Morgan fingerprint density at radius 3 is 2.59 bits per heavy atom. The molecule has 0 saturated carbocycles. The number of pyridine rings is 1. The second-order valence-corrected chi connectivity index (χ2v) is 5.43. The van der Waals surface area contributed by atoms with Gasteiger partial charge in [0, 0.05) is 6.20 Å². The van der Waals surface area contributed by atoms with Crippen molar-refractivity contribution in [2.24, 2.45) is 0 Å². The molecular weight excluding hydrogens is 350 g/mol. The number of carbonyl (C=O) groups is 1. The summed E-state index contributed by atoms with van der Waals surface area (Å²) in [5, 5.41) is 10.9. The molecule has 0 aliphatic heterocycles. The Bertz CT molecular complexity index is 927. The maximum absolute atomic E-state index is 12.6. The van der Waals surface area contributed by atoms with Gasteiger partial charge in [-0.2, -0.15) is 0 Å². The number of rotatable bonds is 7. The summed E-state index contributed by atoms with van der Waals surface area (Å²) in [6.45, 7) is 0.205. The van der Waals surface area contributed by atoms with E-state index in [1.54, 1.807) is 35.4 Å². The molecule has 140 valence electrons. The normalized spacial score (nSPS) is 10.3. The van der Waals surface area contributed by atoms with Crippen LogP contribution >= 0.6 is 0 Å². The Morgan fingerprint density at radius 2 is 1.93 bits per heavy atom. The number of ether oxygens (including phenoxy) is 3. The Hall–Kier alpha value is -3.62. The lowest BCUT2D eigenvalue weighted by Gasteiger charge is -2.15. The van der Waals surface area contributed by atoms with Gasteiger partial charge in [0.05, 0.1) is 51.5 Å². The van der Waals surface area contributed by atoms with E-state index >= 15 is 0 Å². The van der Waals surface area contributed by atoms with Crippen LogP contribution in [0.1, 0.15) is 16.1 Å². The van der Waals surface area contributed by atoms with Crippen molar-refractivity contribution in [1.82, 2.24) is 25.3 Å². The Kier molecular flexibility index (Phi) is 5.50. The summed E-state index contributed by atoms with van der Waals surface area (Å²) < 4.78 is 17.5. The van der Waals surface area contributed by atoms with Crippen LogP contribution in [0.4, 0.5) is 0 Å². The maximum atomic E-state index is 12.6. The predicted octanol–water partition coefficient (Wildman–Crippen LogP) is 1.62. The fourth-order valence-corrected chi connectivity index (χ4v) is 2.54. The average molecular weight is 369 g/mol. The molecule has 0 fully saturated rings. The molecule has 0 aliphatic carbocycles. The van der Waals surface area contributed by atoms with Crippen LogP contribution in [0.25, 0.3) is 5.69 Å². The quantitative estimate of drug-likeness (QED) is 0.675. The number of amides is 1. The second-order valence-electron chi connectivity index (χ2n) is 5.43. The number of aromatic nitrogens is 4. The first-order chi connectivity index (χ1) is 13.2. The smallest absolute Gasteiger partial charge is 0.255 e. The van der Waals surface area contributed by atoms with Crippen molar-refractivity contribution in [3.05, 3.63) is 54.1 Å². The summed E-state index contributed by atoms with van der Waals surface area (Å²) in [5.74, 6) is 0.803. The minimum absolute atomic E-state index is 0.205. The average Bonchev–Trinajstić information content (AvgIpc) is 3.20. The molecule has 27 heavy (non-hydrogen) atoms. The topological polar surface area (TPSA) is 100 Å². The van der Waals surface area contributed by atoms with Crippen molar-refractivity contribution in [3.63, 3.8) is 0 Å². The van der Waals surface area contributed by atoms with Crippen LogP contribution in [-0.4, -0.2) is 47.2 Å². The zero-order valence-corrected chi connectivity index (χ0v) is 15.2. The van der Waals surface area contributed by atoms with Crippen LogP contribution in [0, 0.1) is 0 Å². The molecule has 0 radical (unpaired) electrons. The number of hydrogen-bond acceptors (Lipinski definition) is 7. The van der Waals surface area contributed by atoms with E-state index in [0.29, 0.717) is 28.5 Å². The molecule has 1 aromatic carbocycles. The lowest BCUT2D eigenvalue weighted by atomic mass is 10.1. The van der Waals surface area contributed by atoms with E-state index in [9.17, 15) is 4.79 Å². The molecule has 0 saturated heterocycles. The second kappa shape index (κ2) is 8.17. The summed E-state index contributed by atoms with van der Waals surface area (Å²) in [5.41, 5.74) is 1.71. The van der Waals surface area contributed by atoms with Crippen LogP contribution in [-0.2, 0) is 6.54 Å². The van der Waals surface area contributed by atoms with Crippen LogP contribution in [0.3, 0.4) is 0 Å². The van der Waals surface area contributed by atoms with Gasteiger partial charge in [-0.05, 0) is 24.3 Å². The highest BCUT2D eigenvalue weighted by molar-refractivity contribution is 5.98. The number of benzene rings is 1. The van der Waals surface area contributed by atoms with Crippen molar-refractivity contribution in [3.8, 4) is 22.9 Å². The summed E-state index contributed by atoms with van der Waals surface area (Å²) >= 11 is 0. The van der Waals surface area contributed by atoms with Gasteiger partial charge in [-0.25, -0.2) is 4.68 Å². The van der Waals surface area contributed by atoms with E-state index in [1.165, 1.54) is 21.3 Å². The van der Waals surface area contributed by atoms with Gasteiger partial charge in [0.15, 0.2) is 11.5 Å². The van der Waals surface area contributed by atoms with E-state index in [-0.39, 0.29) is 12.5 Å². The van der Waals surface area contributed by atoms with Crippen LogP contribution in [0.2, 0.25) is 0 Å². The van der Waals surface area contributed by atoms with E-state index in [2.05, 4.69) is 20.6 Å². The zero-order valence-electron chi connectivity index (χ0n) is 15.2. The van der Waals surface area contributed by atoms with E-state index in [1.807, 2.05) is 12.1 Å². The van der Waals surface area contributed by atoms with Gasteiger partial charge in [0.2, 0.25) is 5.75 Å². The fourth-order valence-electron chi connectivity index (χ4n) is 2.54. The SMILES string of the molecule is COc1ccc(C(=O)NCc2cn(-c3cccnc3)nn2)c(OC)c1OC. The molecular formula is C18H19N5O4. The van der Waals surface area contributed by atoms with Gasteiger partial charge in [-0.15, -0.1) is 5.10 Å². The Balaban J connectivity index is 1.74. The van der Waals surface area contributed by atoms with Crippen LogP contribution in [0.5, 0.6) is 17.2 Å². The molecule has 3 aromatic rings. The van der Waals surface area contributed by atoms with E-state index in [0.717, 1.165) is 5.69 Å². The minimum Gasteiger partial charge on any atom is -0.493 e. The monoisotopic (exact) mass is 369 g/mol. The molecule has 2 heterocycles.